The van der Waals surface area contributed by atoms with Gasteiger partial charge < -0.3 is 5.32 Å². The second-order valence-electron chi connectivity index (χ2n) is 6.69. The zero-order chi connectivity index (χ0) is 14.2. The van der Waals surface area contributed by atoms with Gasteiger partial charge in [0, 0.05) is 35.7 Å². The Balaban J connectivity index is 1.75. The van der Waals surface area contributed by atoms with Crippen LogP contribution in [0.25, 0.3) is 0 Å². The number of benzene rings is 1. The third-order valence-electron chi connectivity index (χ3n) is 5.14. The summed E-state index contributed by atoms with van der Waals surface area (Å²) in [5, 5.41) is 3.80. The molecular weight excluding hydrogens is 312 g/mol. The number of hydrogen-bond donors (Lipinski definition) is 1. The Labute approximate surface area is 131 Å². The van der Waals surface area contributed by atoms with E-state index in [1.54, 1.807) is 0 Å². The molecule has 2 fully saturated rings. The fraction of sp³-hybridized carbons (Fsp3) is 0.647. The Morgan fingerprint density at radius 1 is 1.40 bits per heavy atom. The summed E-state index contributed by atoms with van der Waals surface area (Å²) in [6.45, 7) is 8.10. The van der Waals surface area contributed by atoms with Crippen LogP contribution in [0.15, 0.2) is 28.7 Å². The molecule has 3 rings (SSSR count). The van der Waals surface area contributed by atoms with E-state index >= 15 is 0 Å². The number of nitrogens with zero attached hydrogens (tertiary/aromatic N) is 1. The van der Waals surface area contributed by atoms with Crippen LogP contribution >= 0.6 is 15.9 Å². The average molecular weight is 337 g/mol. The summed E-state index contributed by atoms with van der Waals surface area (Å²) in [4.78, 5) is 2.70. The largest absolute Gasteiger partial charge is 0.311 e. The van der Waals surface area contributed by atoms with E-state index in [1.165, 1.54) is 35.8 Å². The fourth-order valence-electron chi connectivity index (χ4n) is 3.26. The van der Waals surface area contributed by atoms with Crippen molar-refractivity contribution in [2.45, 2.75) is 51.2 Å². The Morgan fingerprint density at radius 2 is 2.20 bits per heavy atom. The molecule has 1 saturated heterocycles. The monoisotopic (exact) mass is 336 g/mol. The van der Waals surface area contributed by atoms with E-state index < -0.39 is 0 Å². The van der Waals surface area contributed by atoms with Gasteiger partial charge in [0.15, 0.2) is 0 Å². The summed E-state index contributed by atoms with van der Waals surface area (Å²) in [7, 11) is 0. The number of hydrogen-bond acceptors (Lipinski definition) is 2. The molecule has 0 spiro atoms. The first-order valence-corrected chi connectivity index (χ1v) is 8.63. The molecule has 0 aromatic heterocycles. The highest BCUT2D eigenvalue weighted by Crippen LogP contribution is 2.36. The van der Waals surface area contributed by atoms with Gasteiger partial charge in [-0.3, -0.25) is 4.90 Å². The van der Waals surface area contributed by atoms with Gasteiger partial charge in [-0.1, -0.05) is 35.0 Å². The van der Waals surface area contributed by atoms with Gasteiger partial charge in [0.25, 0.3) is 0 Å². The van der Waals surface area contributed by atoms with Gasteiger partial charge in [0.2, 0.25) is 0 Å². The number of nitrogens with one attached hydrogen (secondary N) is 1. The van der Waals surface area contributed by atoms with Gasteiger partial charge in [-0.25, -0.2) is 0 Å². The summed E-state index contributed by atoms with van der Waals surface area (Å²) >= 11 is 3.59. The Kier molecular flexibility index (Phi) is 4.21. The highest BCUT2D eigenvalue weighted by Gasteiger charge is 2.41. The molecule has 1 aromatic rings. The van der Waals surface area contributed by atoms with Crippen LogP contribution in [-0.2, 0) is 6.54 Å². The smallest absolute Gasteiger partial charge is 0.0307 e. The normalized spacial score (nSPS) is 31.4. The minimum atomic E-state index is 0.285. The summed E-state index contributed by atoms with van der Waals surface area (Å²) in [6, 6.07) is 9.46. The lowest BCUT2D eigenvalue weighted by molar-refractivity contribution is 0.0369. The molecule has 2 unspecified atom stereocenters. The standard InChI is InChI=1S/C17H25BrN2/c1-3-17(2)12-19-16(14-7-8-14)11-20(17)10-13-5-4-6-15(18)9-13/h4-6,9,14,16,19H,3,7-8,10-12H2,1-2H3. The maximum Gasteiger partial charge on any atom is 0.0307 e. The van der Waals surface area contributed by atoms with E-state index in [9.17, 15) is 0 Å². The molecule has 2 aliphatic rings. The zero-order valence-corrected chi connectivity index (χ0v) is 14.1. The van der Waals surface area contributed by atoms with Crippen LogP contribution in [0, 0.1) is 5.92 Å². The highest BCUT2D eigenvalue weighted by molar-refractivity contribution is 9.10. The van der Waals surface area contributed by atoms with Crippen molar-refractivity contribution in [2.24, 2.45) is 5.92 Å². The van der Waals surface area contributed by atoms with E-state index in [4.69, 9.17) is 0 Å². The molecule has 110 valence electrons. The predicted molar refractivity (Wildman–Crippen MR) is 87.8 cm³/mol. The molecule has 1 N–H and O–H groups in total. The van der Waals surface area contributed by atoms with Crippen LogP contribution in [0.3, 0.4) is 0 Å². The van der Waals surface area contributed by atoms with Crippen molar-refractivity contribution in [1.29, 1.82) is 0 Å². The van der Waals surface area contributed by atoms with Gasteiger partial charge in [0.05, 0.1) is 0 Å². The third kappa shape index (κ3) is 3.10. The molecule has 3 heteroatoms. The Morgan fingerprint density at radius 3 is 2.85 bits per heavy atom. The summed E-state index contributed by atoms with van der Waals surface area (Å²) in [5.74, 6) is 0.932. The molecule has 0 amide bonds. The van der Waals surface area contributed by atoms with Gasteiger partial charge in [0.1, 0.15) is 0 Å². The molecule has 0 radical (unpaired) electrons. The van der Waals surface area contributed by atoms with Crippen molar-refractivity contribution in [3.63, 3.8) is 0 Å². The van der Waals surface area contributed by atoms with E-state index in [1.807, 2.05) is 0 Å². The lowest BCUT2D eigenvalue weighted by Crippen LogP contribution is -2.63. The molecule has 1 heterocycles. The maximum absolute atomic E-state index is 3.80. The second-order valence-corrected chi connectivity index (χ2v) is 7.60. The lowest BCUT2D eigenvalue weighted by Gasteiger charge is -2.48. The van der Waals surface area contributed by atoms with E-state index in [0.29, 0.717) is 6.04 Å². The van der Waals surface area contributed by atoms with E-state index in [0.717, 1.165) is 19.0 Å². The summed E-state index contributed by atoms with van der Waals surface area (Å²) in [5.41, 5.74) is 1.70. The molecule has 1 aromatic carbocycles. The maximum atomic E-state index is 3.80. The summed E-state index contributed by atoms with van der Waals surface area (Å²) in [6.07, 6.45) is 4.04. The molecule has 20 heavy (non-hydrogen) atoms. The van der Waals surface area contributed by atoms with E-state index in [-0.39, 0.29) is 5.54 Å². The molecule has 1 aliphatic heterocycles. The highest BCUT2D eigenvalue weighted by atomic mass is 79.9. The van der Waals surface area contributed by atoms with Crippen LogP contribution in [0.4, 0.5) is 0 Å². The van der Waals surface area contributed by atoms with E-state index in [2.05, 4.69) is 64.3 Å². The fourth-order valence-corrected chi connectivity index (χ4v) is 3.71. The first kappa shape index (κ1) is 14.6. The number of rotatable bonds is 4. The Bertz CT molecular complexity index is 472. The first-order chi connectivity index (χ1) is 9.60. The lowest BCUT2D eigenvalue weighted by atomic mass is 9.90. The van der Waals surface area contributed by atoms with Crippen LogP contribution in [0.2, 0.25) is 0 Å². The Hall–Kier alpha value is -0.380. The van der Waals surface area contributed by atoms with Crippen molar-refractivity contribution in [3.8, 4) is 0 Å². The molecule has 2 atom stereocenters. The minimum Gasteiger partial charge on any atom is -0.311 e. The quantitative estimate of drug-likeness (QED) is 0.899. The van der Waals surface area contributed by atoms with Gasteiger partial charge in [-0.2, -0.15) is 0 Å². The first-order valence-electron chi connectivity index (χ1n) is 7.83. The van der Waals surface area contributed by atoms with Gasteiger partial charge in [-0.15, -0.1) is 0 Å². The zero-order valence-electron chi connectivity index (χ0n) is 12.5. The third-order valence-corrected chi connectivity index (χ3v) is 5.63. The molecule has 2 nitrogen and oxygen atoms in total. The number of piperazine rings is 1. The van der Waals surface area contributed by atoms with Crippen LogP contribution in [0.1, 0.15) is 38.7 Å². The predicted octanol–water partition coefficient (Wildman–Crippen LogP) is 3.80. The van der Waals surface area contributed by atoms with Gasteiger partial charge >= 0.3 is 0 Å². The van der Waals surface area contributed by atoms with Crippen molar-refractivity contribution in [2.75, 3.05) is 13.1 Å². The van der Waals surface area contributed by atoms with Gasteiger partial charge in [-0.05, 0) is 49.8 Å². The topological polar surface area (TPSA) is 15.3 Å². The van der Waals surface area contributed by atoms with Crippen LogP contribution in [0.5, 0.6) is 0 Å². The molecule has 1 saturated carbocycles. The SMILES string of the molecule is CCC1(C)CNC(C2CC2)CN1Cc1cccc(Br)c1. The van der Waals surface area contributed by atoms with Crippen LogP contribution in [-0.4, -0.2) is 29.6 Å². The molecule has 1 aliphatic carbocycles. The van der Waals surface area contributed by atoms with Crippen molar-refractivity contribution >= 4 is 15.9 Å². The number of halogens is 1. The summed E-state index contributed by atoms with van der Waals surface area (Å²) < 4.78 is 1.18. The van der Waals surface area contributed by atoms with Crippen molar-refractivity contribution < 1.29 is 0 Å². The second kappa shape index (κ2) is 5.78. The van der Waals surface area contributed by atoms with Crippen molar-refractivity contribution in [1.82, 2.24) is 10.2 Å². The molecular formula is C17H25BrN2. The molecule has 0 bridgehead atoms. The van der Waals surface area contributed by atoms with Crippen molar-refractivity contribution in [3.05, 3.63) is 34.3 Å². The average Bonchev–Trinajstić information content (AvgIpc) is 3.26. The van der Waals surface area contributed by atoms with Crippen LogP contribution < -0.4 is 5.32 Å². The minimum absolute atomic E-state index is 0.285.